The summed E-state index contributed by atoms with van der Waals surface area (Å²) < 4.78 is 16.3. The molecule has 0 amide bonds. The average molecular weight is 240 g/mol. The Bertz CT molecular complexity index is 388. The third-order valence-electron chi connectivity index (χ3n) is 2.17. The summed E-state index contributed by atoms with van der Waals surface area (Å²) in [5.74, 6) is 0.707. The lowest BCUT2D eigenvalue weighted by molar-refractivity contribution is 0.0600. The van der Waals surface area contributed by atoms with Crippen LogP contribution in [0.5, 0.6) is 0 Å². The summed E-state index contributed by atoms with van der Waals surface area (Å²) in [6, 6.07) is 7.13. The van der Waals surface area contributed by atoms with E-state index in [4.69, 9.17) is 0 Å². The van der Waals surface area contributed by atoms with E-state index in [0.717, 1.165) is 12.0 Å². The Labute approximate surface area is 98.3 Å². The quantitative estimate of drug-likeness (QED) is 0.740. The Morgan fingerprint density at radius 1 is 1.38 bits per heavy atom. The van der Waals surface area contributed by atoms with Crippen LogP contribution >= 0.6 is 0 Å². The summed E-state index contributed by atoms with van der Waals surface area (Å²) >= 11 is 0. The van der Waals surface area contributed by atoms with Gasteiger partial charge in [-0.2, -0.15) is 0 Å². The summed E-state index contributed by atoms with van der Waals surface area (Å²) in [5.41, 5.74) is 1.30. The van der Waals surface area contributed by atoms with Crippen molar-refractivity contribution in [1.82, 2.24) is 0 Å². The maximum Gasteiger partial charge on any atom is 0.338 e. The summed E-state index contributed by atoms with van der Waals surface area (Å²) in [6.07, 6.45) is 0.882. The molecule has 1 aromatic rings. The predicted molar refractivity (Wildman–Crippen MR) is 64.8 cm³/mol. The first-order valence-electron chi connectivity index (χ1n) is 5.20. The molecule has 0 radical (unpaired) electrons. The molecule has 0 aliphatic carbocycles. The normalized spacial score (nSPS) is 12.1. The van der Waals surface area contributed by atoms with Gasteiger partial charge in [-0.1, -0.05) is 25.1 Å². The van der Waals surface area contributed by atoms with Crippen molar-refractivity contribution in [1.29, 1.82) is 0 Å². The molecule has 1 rings (SSSR count). The third-order valence-corrected chi connectivity index (χ3v) is 3.67. The van der Waals surface area contributed by atoms with Crippen molar-refractivity contribution in [2.24, 2.45) is 0 Å². The minimum Gasteiger partial charge on any atom is -0.465 e. The second-order valence-electron chi connectivity index (χ2n) is 3.44. The average Bonchev–Trinajstić information content (AvgIpc) is 2.29. The Morgan fingerprint density at radius 2 is 2.06 bits per heavy atom. The Balaban J connectivity index is 2.87. The highest BCUT2D eigenvalue weighted by Gasteiger charge is 2.12. The highest BCUT2D eigenvalue weighted by atomic mass is 32.2. The molecule has 0 saturated heterocycles. The number of esters is 1. The van der Waals surface area contributed by atoms with Gasteiger partial charge in [-0.15, -0.1) is 0 Å². The standard InChI is InChI=1S/C12H16O3S/c1-3-8-16(14)9-10-6-4-5-7-11(10)12(13)15-2/h4-7H,3,8-9H2,1-2H3. The second-order valence-corrected chi connectivity index (χ2v) is 5.01. The molecule has 1 atom stereocenters. The highest BCUT2D eigenvalue weighted by Crippen LogP contribution is 2.12. The SMILES string of the molecule is CCCS(=O)Cc1ccccc1C(=O)OC. The molecule has 0 N–H and O–H groups in total. The van der Waals surface area contributed by atoms with Crippen molar-refractivity contribution < 1.29 is 13.7 Å². The Hall–Kier alpha value is -1.16. The molecule has 16 heavy (non-hydrogen) atoms. The van der Waals surface area contributed by atoms with Gasteiger partial charge in [-0.25, -0.2) is 4.79 Å². The zero-order valence-corrected chi connectivity index (χ0v) is 10.4. The van der Waals surface area contributed by atoms with Gasteiger partial charge in [-0.3, -0.25) is 4.21 Å². The van der Waals surface area contributed by atoms with E-state index in [9.17, 15) is 9.00 Å². The first kappa shape index (κ1) is 12.9. The van der Waals surface area contributed by atoms with Crippen LogP contribution in [0.1, 0.15) is 29.3 Å². The van der Waals surface area contributed by atoms with E-state index >= 15 is 0 Å². The molecule has 4 heteroatoms. The van der Waals surface area contributed by atoms with E-state index < -0.39 is 10.8 Å². The molecule has 3 nitrogen and oxygen atoms in total. The number of carbonyl (C=O) groups excluding carboxylic acids is 1. The molecule has 1 aromatic carbocycles. The van der Waals surface area contributed by atoms with E-state index in [1.54, 1.807) is 12.1 Å². The second kappa shape index (κ2) is 6.43. The number of carbonyl (C=O) groups is 1. The van der Waals surface area contributed by atoms with Crippen LogP contribution in [-0.2, 0) is 21.3 Å². The van der Waals surface area contributed by atoms with E-state index in [1.165, 1.54) is 7.11 Å². The van der Waals surface area contributed by atoms with Gasteiger partial charge in [0.25, 0.3) is 0 Å². The number of hydrogen-bond acceptors (Lipinski definition) is 3. The molecule has 0 aliphatic rings. The third kappa shape index (κ3) is 3.45. The van der Waals surface area contributed by atoms with Crippen LogP contribution in [0, 0.1) is 0 Å². The van der Waals surface area contributed by atoms with Gasteiger partial charge in [0.2, 0.25) is 0 Å². The molecule has 0 aliphatic heterocycles. The Morgan fingerprint density at radius 3 is 2.69 bits per heavy atom. The van der Waals surface area contributed by atoms with Crippen LogP contribution in [0.2, 0.25) is 0 Å². The predicted octanol–water partition coefficient (Wildman–Crippen LogP) is 2.13. The van der Waals surface area contributed by atoms with Crippen LogP contribution in [-0.4, -0.2) is 23.0 Å². The molecule has 88 valence electrons. The number of hydrogen-bond donors (Lipinski definition) is 0. The topological polar surface area (TPSA) is 43.4 Å². The van der Waals surface area contributed by atoms with Gasteiger partial charge in [0.05, 0.1) is 12.7 Å². The number of ether oxygens (including phenoxy) is 1. The fourth-order valence-electron chi connectivity index (χ4n) is 1.43. The molecule has 0 bridgehead atoms. The van der Waals surface area contributed by atoms with Gasteiger partial charge < -0.3 is 4.74 Å². The molecule has 0 heterocycles. The molecule has 0 spiro atoms. The first-order chi connectivity index (χ1) is 7.69. The van der Waals surface area contributed by atoms with Gasteiger partial charge >= 0.3 is 5.97 Å². The van der Waals surface area contributed by atoms with Gasteiger partial charge in [-0.05, 0) is 18.1 Å². The number of benzene rings is 1. The zero-order chi connectivity index (χ0) is 12.0. The van der Waals surface area contributed by atoms with Crippen LogP contribution in [0.25, 0.3) is 0 Å². The van der Waals surface area contributed by atoms with Crippen LogP contribution in [0.3, 0.4) is 0 Å². The minimum absolute atomic E-state index is 0.371. The molecular weight excluding hydrogens is 224 g/mol. The largest absolute Gasteiger partial charge is 0.465 e. The van der Waals surface area contributed by atoms with Crippen LogP contribution in [0.15, 0.2) is 24.3 Å². The van der Waals surface area contributed by atoms with Gasteiger partial charge in [0, 0.05) is 22.3 Å². The van der Waals surface area contributed by atoms with Crippen molar-refractivity contribution in [3.05, 3.63) is 35.4 Å². The minimum atomic E-state index is -0.908. The van der Waals surface area contributed by atoms with Crippen molar-refractivity contribution in [3.63, 3.8) is 0 Å². The smallest absolute Gasteiger partial charge is 0.338 e. The lowest BCUT2D eigenvalue weighted by Gasteiger charge is -2.06. The van der Waals surface area contributed by atoms with Gasteiger partial charge in [0.15, 0.2) is 0 Å². The van der Waals surface area contributed by atoms with E-state index in [0.29, 0.717) is 17.1 Å². The molecule has 0 saturated carbocycles. The number of methoxy groups -OCH3 is 1. The summed E-state index contributed by atoms with van der Waals surface area (Å²) in [6.45, 7) is 1.99. The number of rotatable bonds is 5. The molecule has 0 fully saturated rings. The van der Waals surface area contributed by atoms with E-state index in [1.807, 2.05) is 19.1 Å². The molecular formula is C12H16O3S. The molecule has 0 aromatic heterocycles. The zero-order valence-electron chi connectivity index (χ0n) is 9.56. The van der Waals surface area contributed by atoms with Gasteiger partial charge in [0.1, 0.15) is 0 Å². The van der Waals surface area contributed by atoms with Crippen molar-refractivity contribution >= 4 is 16.8 Å². The van der Waals surface area contributed by atoms with E-state index in [-0.39, 0.29) is 5.97 Å². The van der Waals surface area contributed by atoms with Crippen molar-refractivity contribution in [3.8, 4) is 0 Å². The van der Waals surface area contributed by atoms with E-state index in [2.05, 4.69) is 4.74 Å². The summed E-state index contributed by atoms with van der Waals surface area (Å²) in [7, 11) is 0.442. The lowest BCUT2D eigenvalue weighted by Crippen LogP contribution is -2.08. The lowest BCUT2D eigenvalue weighted by atomic mass is 10.1. The maximum atomic E-state index is 11.6. The Kier molecular flexibility index (Phi) is 5.19. The van der Waals surface area contributed by atoms with Crippen molar-refractivity contribution in [2.75, 3.05) is 12.9 Å². The fraction of sp³-hybridized carbons (Fsp3) is 0.417. The van der Waals surface area contributed by atoms with Crippen LogP contribution < -0.4 is 0 Å². The maximum absolute atomic E-state index is 11.6. The van der Waals surface area contributed by atoms with Crippen LogP contribution in [0.4, 0.5) is 0 Å². The fourth-order valence-corrected chi connectivity index (χ4v) is 2.63. The summed E-state index contributed by atoms with van der Waals surface area (Å²) in [4.78, 5) is 11.5. The summed E-state index contributed by atoms with van der Waals surface area (Å²) in [5, 5.41) is 0. The highest BCUT2D eigenvalue weighted by molar-refractivity contribution is 7.84. The monoisotopic (exact) mass is 240 g/mol. The first-order valence-corrected chi connectivity index (χ1v) is 6.69. The van der Waals surface area contributed by atoms with Crippen molar-refractivity contribution in [2.45, 2.75) is 19.1 Å². The molecule has 1 unspecified atom stereocenters.